The number of benzene rings is 4. The van der Waals surface area contributed by atoms with Crippen molar-refractivity contribution in [2.24, 2.45) is 10.8 Å². The van der Waals surface area contributed by atoms with Crippen LogP contribution in [0, 0.1) is 17.8 Å². The van der Waals surface area contributed by atoms with E-state index in [0.29, 0.717) is 0 Å². The molecule has 0 saturated heterocycles. The summed E-state index contributed by atoms with van der Waals surface area (Å²) in [6, 6.07) is 32.8. The molecule has 0 bridgehead atoms. The van der Waals surface area contributed by atoms with Gasteiger partial charge >= 0.3 is 0 Å². The second-order valence-corrected chi connectivity index (χ2v) is 19.2. The fourth-order valence-electron chi connectivity index (χ4n) is 11.2. The van der Waals surface area contributed by atoms with Gasteiger partial charge in [-0.15, -0.1) is 11.3 Å². The summed E-state index contributed by atoms with van der Waals surface area (Å²) in [5, 5.41) is 1.48. The highest BCUT2D eigenvalue weighted by atomic mass is 32.1. The van der Waals surface area contributed by atoms with Crippen molar-refractivity contribution in [3.05, 3.63) is 112 Å². The minimum atomic E-state index is 0.120. The standard InChI is InChI=1S/C46H49BN2S/c1-29-24-36-40-37(25-29)49(31-18-12-9-13-19-31)41-34(28-45(6)20-14-15-21-46(41,45)7)47(40)33-27-38-32(26-35(33)48(36)30-16-10-8-11-17-30)39-42(50-38)44(4,5)23-22-43(39,2)3/h8-13,16-19,24-27H,14-15,20-23,28H2,1-7H3. The monoisotopic (exact) mass is 672 g/mol. The lowest BCUT2D eigenvalue weighted by atomic mass is 9.32. The first kappa shape index (κ1) is 31.0. The molecular weight excluding hydrogens is 623 g/mol. The van der Waals surface area contributed by atoms with E-state index in [0.717, 1.165) is 0 Å². The maximum Gasteiger partial charge on any atom is 0.247 e. The summed E-state index contributed by atoms with van der Waals surface area (Å²) >= 11 is 2.09. The summed E-state index contributed by atoms with van der Waals surface area (Å²) in [7, 11) is 0. The molecule has 2 atom stereocenters. The molecule has 1 fully saturated rings. The van der Waals surface area contributed by atoms with Gasteiger partial charge in [0.15, 0.2) is 0 Å². The number of allylic oxidation sites excluding steroid dienone is 2. The Morgan fingerprint density at radius 3 is 1.98 bits per heavy atom. The molecular formula is C46H49BN2S. The van der Waals surface area contributed by atoms with Gasteiger partial charge < -0.3 is 9.80 Å². The second-order valence-electron chi connectivity index (χ2n) is 18.1. The molecule has 2 nitrogen and oxygen atoms in total. The zero-order valence-corrected chi connectivity index (χ0v) is 31.7. The molecule has 10 rings (SSSR count). The van der Waals surface area contributed by atoms with Crippen molar-refractivity contribution in [2.45, 2.75) is 104 Å². The molecule has 0 N–H and O–H groups in total. The molecule has 252 valence electrons. The first-order valence-corrected chi connectivity index (χ1v) is 19.9. The van der Waals surface area contributed by atoms with Gasteiger partial charge in [-0.1, -0.05) is 96.3 Å². The van der Waals surface area contributed by atoms with Gasteiger partial charge in [0.1, 0.15) is 0 Å². The molecule has 3 aliphatic carbocycles. The van der Waals surface area contributed by atoms with Gasteiger partial charge in [0.2, 0.25) is 6.71 Å². The molecule has 3 heterocycles. The van der Waals surface area contributed by atoms with Crippen LogP contribution >= 0.6 is 11.3 Å². The number of anilines is 5. The Hall–Kier alpha value is -3.76. The number of fused-ring (bicyclic) bond motifs is 8. The summed E-state index contributed by atoms with van der Waals surface area (Å²) in [5.74, 6) is 0. The Kier molecular flexibility index (Phi) is 6.32. The third-order valence-electron chi connectivity index (χ3n) is 14.1. The van der Waals surface area contributed by atoms with Crippen LogP contribution in [0.25, 0.3) is 10.1 Å². The van der Waals surface area contributed by atoms with Gasteiger partial charge in [-0.05, 0) is 131 Å². The average molecular weight is 673 g/mol. The van der Waals surface area contributed by atoms with Crippen LogP contribution in [0.1, 0.15) is 102 Å². The second kappa shape index (κ2) is 10.2. The number of thiophene rings is 1. The van der Waals surface area contributed by atoms with Crippen molar-refractivity contribution in [1.29, 1.82) is 0 Å². The van der Waals surface area contributed by atoms with Crippen molar-refractivity contribution in [1.82, 2.24) is 0 Å². The van der Waals surface area contributed by atoms with Gasteiger partial charge in [-0.3, -0.25) is 0 Å². The first-order valence-electron chi connectivity index (χ1n) is 19.1. The van der Waals surface area contributed by atoms with Gasteiger partial charge in [-0.25, -0.2) is 0 Å². The van der Waals surface area contributed by atoms with E-state index in [1.54, 1.807) is 21.6 Å². The number of hydrogen-bond donors (Lipinski definition) is 0. The van der Waals surface area contributed by atoms with Gasteiger partial charge in [0, 0.05) is 49.1 Å². The quantitative estimate of drug-likeness (QED) is 0.172. The molecule has 5 aliphatic rings. The van der Waals surface area contributed by atoms with E-state index < -0.39 is 0 Å². The Labute approximate surface area is 303 Å². The third-order valence-corrected chi connectivity index (χ3v) is 15.6. The van der Waals surface area contributed by atoms with Gasteiger partial charge in [0.05, 0.1) is 0 Å². The lowest BCUT2D eigenvalue weighted by Gasteiger charge is -2.51. The number of rotatable bonds is 2. The molecule has 1 saturated carbocycles. The van der Waals surface area contributed by atoms with Crippen LogP contribution in [0.3, 0.4) is 0 Å². The van der Waals surface area contributed by atoms with Gasteiger partial charge in [-0.2, -0.15) is 0 Å². The Morgan fingerprint density at radius 1 is 0.660 bits per heavy atom. The van der Waals surface area contributed by atoms with Crippen LogP contribution in [0.15, 0.2) is 96.1 Å². The number of para-hydroxylation sites is 2. The molecule has 50 heavy (non-hydrogen) atoms. The lowest BCUT2D eigenvalue weighted by Crippen LogP contribution is -2.56. The lowest BCUT2D eigenvalue weighted by molar-refractivity contribution is 0.0689. The maximum absolute atomic E-state index is 2.73. The van der Waals surface area contributed by atoms with E-state index in [9.17, 15) is 0 Å². The Morgan fingerprint density at radius 2 is 1.28 bits per heavy atom. The van der Waals surface area contributed by atoms with E-state index in [2.05, 4.69) is 155 Å². The molecule has 4 heteroatoms. The van der Waals surface area contributed by atoms with E-state index in [1.165, 1.54) is 100.0 Å². The first-order chi connectivity index (χ1) is 23.9. The van der Waals surface area contributed by atoms with E-state index in [4.69, 9.17) is 0 Å². The highest BCUT2D eigenvalue weighted by Gasteiger charge is 2.60. The molecule has 5 aromatic rings. The number of hydrogen-bond acceptors (Lipinski definition) is 3. The van der Waals surface area contributed by atoms with Gasteiger partial charge in [0.25, 0.3) is 0 Å². The van der Waals surface area contributed by atoms with Crippen LogP contribution in [0.2, 0.25) is 0 Å². The summed E-state index contributed by atoms with van der Waals surface area (Å²) < 4.78 is 1.47. The zero-order valence-electron chi connectivity index (χ0n) is 30.9. The van der Waals surface area contributed by atoms with Crippen LogP contribution in [-0.4, -0.2) is 6.71 Å². The minimum Gasteiger partial charge on any atom is -0.315 e. The van der Waals surface area contributed by atoms with Crippen molar-refractivity contribution < 1.29 is 0 Å². The average Bonchev–Trinajstić information content (AvgIpc) is 3.60. The highest BCUT2D eigenvalue weighted by Crippen LogP contribution is 2.66. The number of nitrogens with zero attached hydrogens (tertiary/aromatic N) is 2. The summed E-state index contributed by atoms with van der Waals surface area (Å²) in [5.41, 5.74) is 16.6. The molecule has 0 spiro atoms. The predicted molar refractivity (Wildman–Crippen MR) is 216 cm³/mol. The zero-order chi connectivity index (χ0) is 34.4. The predicted octanol–water partition coefficient (Wildman–Crippen LogP) is 11.9. The third kappa shape index (κ3) is 3.98. The fraction of sp³-hybridized carbons (Fsp3) is 0.391. The van der Waals surface area contributed by atoms with Crippen molar-refractivity contribution >= 4 is 67.5 Å². The highest BCUT2D eigenvalue weighted by molar-refractivity contribution is 7.19. The summed E-state index contributed by atoms with van der Waals surface area (Å²) in [6.07, 6.45) is 8.86. The van der Waals surface area contributed by atoms with Crippen molar-refractivity contribution in [3.63, 3.8) is 0 Å². The SMILES string of the molecule is Cc1cc2c3c(c1)N(c1ccccc1)c1cc4c5c(sc4cc1B3C1=C(N2c2ccccc2)C2(C)CCCCC2(C)C1)C(C)(C)CCC5(C)C. The summed E-state index contributed by atoms with van der Waals surface area (Å²) in [6.45, 7) is 17.8. The van der Waals surface area contributed by atoms with Crippen LogP contribution in [0.4, 0.5) is 28.4 Å². The largest absolute Gasteiger partial charge is 0.315 e. The molecule has 0 amide bonds. The van der Waals surface area contributed by atoms with Crippen LogP contribution < -0.4 is 20.7 Å². The maximum atomic E-state index is 2.73. The van der Waals surface area contributed by atoms with Crippen molar-refractivity contribution in [3.8, 4) is 0 Å². The summed E-state index contributed by atoms with van der Waals surface area (Å²) in [4.78, 5) is 6.97. The van der Waals surface area contributed by atoms with E-state index in [-0.39, 0.29) is 28.4 Å². The number of aryl methyl sites for hydroxylation is 1. The smallest absolute Gasteiger partial charge is 0.247 e. The molecule has 2 aliphatic heterocycles. The van der Waals surface area contributed by atoms with Crippen LogP contribution in [-0.2, 0) is 10.8 Å². The Bertz CT molecular complexity index is 2260. The Balaban J connectivity index is 1.34. The van der Waals surface area contributed by atoms with E-state index >= 15 is 0 Å². The van der Waals surface area contributed by atoms with Crippen LogP contribution in [0.5, 0.6) is 0 Å². The normalized spacial score (nSPS) is 25.6. The fourth-order valence-corrected chi connectivity index (χ4v) is 12.8. The molecule has 4 aromatic carbocycles. The molecule has 2 unspecified atom stereocenters. The minimum absolute atomic E-state index is 0.120. The topological polar surface area (TPSA) is 6.48 Å². The van der Waals surface area contributed by atoms with Crippen molar-refractivity contribution in [2.75, 3.05) is 9.80 Å². The molecule has 0 radical (unpaired) electrons. The van der Waals surface area contributed by atoms with E-state index in [1.807, 2.05) is 0 Å². The molecule has 1 aromatic heterocycles.